The fraction of sp³-hybridized carbons (Fsp3) is 0.913. The van der Waals surface area contributed by atoms with E-state index in [4.69, 9.17) is 23.7 Å². The molecule has 0 amide bonds. The summed E-state index contributed by atoms with van der Waals surface area (Å²) in [5, 5.41) is 5.78. The number of thiocarbonyl (C=S) groups is 2. The van der Waals surface area contributed by atoms with Gasteiger partial charge in [0.05, 0.1) is 11.7 Å². The molecule has 0 aromatic heterocycles. The van der Waals surface area contributed by atoms with E-state index in [-0.39, 0.29) is 11.6 Å². The molecule has 3 unspecified atom stereocenters. The molecule has 0 aromatic rings. The molecule has 3 heterocycles. The molecule has 11 heteroatoms. The highest BCUT2D eigenvalue weighted by atomic mass is 32.1. The zero-order valence-corrected chi connectivity index (χ0v) is 23.4. The topological polar surface area (TPSA) is 153 Å². The molecule has 3 aliphatic rings. The van der Waals surface area contributed by atoms with E-state index < -0.39 is 0 Å². The fourth-order valence-corrected chi connectivity index (χ4v) is 5.04. The van der Waals surface area contributed by atoms with E-state index in [9.17, 15) is 0 Å². The van der Waals surface area contributed by atoms with Crippen molar-refractivity contribution in [2.24, 2.45) is 16.5 Å². The summed E-state index contributed by atoms with van der Waals surface area (Å²) in [7, 11) is 6.55. The molecule has 3 saturated heterocycles. The number of nitrogens with zero attached hydrogens (tertiary/aromatic N) is 4. The maximum atomic E-state index is 5.44. The molecular weight excluding hydrogens is 468 g/mol. The van der Waals surface area contributed by atoms with Crippen LogP contribution in [0, 0.1) is 0 Å². The first kappa shape index (κ1) is 35.4. The predicted molar refractivity (Wildman–Crippen MR) is 153 cm³/mol. The van der Waals surface area contributed by atoms with Crippen molar-refractivity contribution in [2.75, 3.05) is 60.4 Å². The Morgan fingerprint density at radius 1 is 0.912 bits per heavy atom. The van der Waals surface area contributed by atoms with Crippen LogP contribution in [-0.2, 0) is 0 Å². The highest BCUT2D eigenvalue weighted by molar-refractivity contribution is 7.80. The first-order valence-electron chi connectivity index (χ1n) is 12.3. The van der Waals surface area contributed by atoms with Crippen LogP contribution >= 0.6 is 24.4 Å². The van der Waals surface area contributed by atoms with Crippen LogP contribution in [0.25, 0.3) is 0 Å². The van der Waals surface area contributed by atoms with E-state index in [2.05, 4.69) is 63.5 Å². The van der Waals surface area contributed by atoms with Gasteiger partial charge >= 0.3 is 0 Å². The highest BCUT2D eigenvalue weighted by Gasteiger charge is 2.20. The van der Waals surface area contributed by atoms with E-state index >= 15 is 0 Å². The van der Waals surface area contributed by atoms with E-state index in [1.165, 1.54) is 64.6 Å². The summed E-state index contributed by atoms with van der Waals surface area (Å²) in [5.41, 5.74) is 10.8. The third kappa shape index (κ3) is 15.3. The molecule has 0 spiro atoms. The number of nitrogens with one attached hydrogen (secondary N) is 1. The second-order valence-corrected chi connectivity index (χ2v) is 9.87. The minimum Gasteiger partial charge on any atom is -0.412 e. The third-order valence-electron chi connectivity index (χ3n) is 6.93. The standard InChI is InChI=1S/C8H17N3S.C8H14N2S.C7H16N2.H3N.H2O/c1-11-6-2-3-7(11)4-5-10-8(9)12;1-10-6-2-3-8(10)4-5-9-7-11;1-9-6-2-3-7(9)4-5-8;;/h7H,2-6H2,1H3,(H3,9,10,12);8H,2-6H2,1H3;7H,2-6,8H2,1H3;1H3;1H2. The molecule has 202 valence electrons. The van der Waals surface area contributed by atoms with Gasteiger partial charge in [-0.3, -0.25) is 0 Å². The summed E-state index contributed by atoms with van der Waals surface area (Å²) < 4.78 is 0. The second kappa shape index (κ2) is 21.5. The molecule has 3 aliphatic heterocycles. The summed E-state index contributed by atoms with van der Waals surface area (Å²) in [6.07, 6.45) is 11.5. The maximum Gasteiger partial charge on any atom is 0.163 e. The van der Waals surface area contributed by atoms with Gasteiger partial charge in [-0.05, 0) is 130 Å². The number of rotatable bonds is 8. The first-order chi connectivity index (χ1) is 15.4. The Morgan fingerprint density at radius 2 is 1.35 bits per heavy atom. The number of nitrogens with two attached hydrogens (primary N) is 2. The Morgan fingerprint density at radius 3 is 1.71 bits per heavy atom. The fourth-order valence-electron chi connectivity index (χ4n) is 4.85. The Hall–Kier alpha value is -0.750. The van der Waals surface area contributed by atoms with Gasteiger partial charge in [0.2, 0.25) is 0 Å². The van der Waals surface area contributed by atoms with Crippen molar-refractivity contribution in [1.82, 2.24) is 26.2 Å². The lowest BCUT2D eigenvalue weighted by Crippen LogP contribution is -2.34. The lowest BCUT2D eigenvalue weighted by Gasteiger charge is -2.19. The summed E-state index contributed by atoms with van der Waals surface area (Å²) >= 11 is 9.21. The van der Waals surface area contributed by atoms with Crippen molar-refractivity contribution in [2.45, 2.75) is 75.9 Å². The van der Waals surface area contributed by atoms with Gasteiger partial charge in [-0.1, -0.05) is 0 Å². The Labute approximate surface area is 219 Å². The Bertz CT molecular complexity index is 565. The number of isothiocyanates is 1. The maximum absolute atomic E-state index is 5.44. The minimum absolute atomic E-state index is 0. The van der Waals surface area contributed by atoms with Crippen molar-refractivity contribution < 1.29 is 5.48 Å². The van der Waals surface area contributed by atoms with E-state index in [0.717, 1.165) is 50.6 Å². The van der Waals surface area contributed by atoms with Gasteiger partial charge in [-0.15, -0.1) is 0 Å². The molecule has 3 rings (SSSR count). The number of aliphatic imine (C=N–C) groups is 1. The van der Waals surface area contributed by atoms with Gasteiger partial charge in [0.25, 0.3) is 0 Å². The van der Waals surface area contributed by atoms with Crippen LogP contribution in [-0.4, -0.2) is 109 Å². The van der Waals surface area contributed by atoms with Crippen molar-refractivity contribution in [1.29, 1.82) is 0 Å². The summed E-state index contributed by atoms with van der Waals surface area (Å²) in [6, 6.07) is 2.25. The summed E-state index contributed by atoms with van der Waals surface area (Å²) in [4.78, 5) is 11.1. The van der Waals surface area contributed by atoms with Crippen molar-refractivity contribution in [3.8, 4) is 0 Å². The molecule has 0 radical (unpaired) electrons. The molecule has 10 N–H and O–H groups in total. The second-order valence-electron chi connectivity index (χ2n) is 9.25. The molecule has 34 heavy (non-hydrogen) atoms. The number of likely N-dealkylation sites (tertiary alicyclic amines) is 3. The average molecular weight is 521 g/mol. The van der Waals surface area contributed by atoms with Crippen LogP contribution in [0.3, 0.4) is 0 Å². The van der Waals surface area contributed by atoms with Gasteiger partial charge in [0, 0.05) is 24.7 Å². The normalized spacial score (nSPS) is 24.4. The average Bonchev–Trinajstić information content (AvgIpc) is 3.47. The van der Waals surface area contributed by atoms with Crippen LogP contribution in [0.5, 0.6) is 0 Å². The largest absolute Gasteiger partial charge is 0.412 e. The lowest BCUT2D eigenvalue weighted by atomic mass is 10.1. The SMILES string of the molecule is CN1CCCC1CCN.CN1CCCC1CCN=C=S.CN1CCCC1CCNC(N)=S.N.O. The number of hydrogen-bond donors (Lipinski definition) is 4. The number of hydrogen-bond acceptors (Lipinski definition) is 8. The van der Waals surface area contributed by atoms with Gasteiger partial charge in [-0.2, -0.15) is 0 Å². The quantitative estimate of drug-likeness (QED) is 0.276. The zero-order valence-electron chi connectivity index (χ0n) is 21.8. The lowest BCUT2D eigenvalue weighted by molar-refractivity contribution is 0.297. The van der Waals surface area contributed by atoms with Crippen LogP contribution < -0.4 is 22.9 Å². The van der Waals surface area contributed by atoms with Crippen LogP contribution in [0.1, 0.15) is 57.8 Å². The molecule has 0 aliphatic carbocycles. The molecule has 0 bridgehead atoms. The van der Waals surface area contributed by atoms with Gasteiger partial charge in [-0.25, -0.2) is 4.99 Å². The van der Waals surface area contributed by atoms with Gasteiger partial charge in [0.15, 0.2) is 5.11 Å². The van der Waals surface area contributed by atoms with Gasteiger partial charge < -0.3 is 43.1 Å². The minimum atomic E-state index is 0. The molecular formula is C23H52N8OS2. The van der Waals surface area contributed by atoms with E-state index in [1.54, 1.807) is 0 Å². The predicted octanol–water partition coefficient (Wildman–Crippen LogP) is 1.64. The monoisotopic (exact) mass is 520 g/mol. The van der Waals surface area contributed by atoms with Crippen molar-refractivity contribution >= 4 is 34.7 Å². The van der Waals surface area contributed by atoms with Crippen LogP contribution in [0.2, 0.25) is 0 Å². The molecule has 0 saturated carbocycles. The summed E-state index contributed by atoms with van der Waals surface area (Å²) in [6.45, 7) is 6.34. The zero-order chi connectivity index (χ0) is 23.8. The first-order valence-corrected chi connectivity index (χ1v) is 13.1. The molecule has 9 nitrogen and oxygen atoms in total. The highest BCUT2D eigenvalue weighted by Crippen LogP contribution is 2.18. The molecule has 3 atom stereocenters. The van der Waals surface area contributed by atoms with Crippen LogP contribution in [0.4, 0.5) is 0 Å². The van der Waals surface area contributed by atoms with E-state index in [1.807, 2.05) is 0 Å². The van der Waals surface area contributed by atoms with Crippen molar-refractivity contribution in [3.63, 3.8) is 0 Å². The van der Waals surface area contributed by atoms with Gasteiger partial charge in [0.1, 0.15) is 0 Å². The third-order valence-corrected chi connectivity index (χ3v) is 7.20. The molecule has 3 fully saturated rings. The smallest absolute Gasteiger partial charge is 0.163 e. The Kier molecular flexibility index (Phi) is 22.4. The molecule has 0 aromatic carbocycles. The van der Waals surface area contributed by atoms with Crippen molar-refractivity contribution in [3.05, 3.63) is 0 Å². The Balaban J connectivity index is 0. The summed E-state index contributed by atoms with van der Waals surface area (Å²) in [5.74, 6) is 0. The van der Waals surface area contributed by atoms with E-state index in [0.29, 0.717) is 5.11 Å². The van der Waals surface area contributed by atoms with Crippen LogP contribution in [0.15, 0.2) is 4.99 Å².